The Hall–Kier alpha value is -3.34. The lowest BCUT2D eigenvalue weighted by Crippen LogP contribution is -2.25. The van der Waals surface area contributed by atoms with Gasteiger partial charge in [-0.05, 0) is 61.4 Å². The first-order chi connectivity index (χ1) is 15.8. The molecule has 2 N–H and O–H groups in total. The molecule has 1 aliphatic rings. The summed E-state index contributed by atoms with van der Waals surface area (Å²) in [5.74, 6) is 0.435. The molecule has 5 rings (SSSR count). The maximum absolute atomic E-state index is 11.5. The van der Waals surface area contributed by atoms with E-state index in [1.807, 2.05) is 38.1 Å². The van der Waals surface area contributed by atoms with Gasteiger partial charge in [-0.1, -0.05) is 55.6 Å². The van der Waals surface area contributed by atoms with Crippen molar-refractivity contribution in [1.82, 2.24) is 9.72 Å². The molecule has 0 saturated heterocycles. The largest absolute Gasteiger partial charge is 0.366 e. The Morgan fingerprint density at radius 1 is 1.06 bits per heavy atom. The van der Waals surface area contributed by atoms with Crippen molar-refractivity contribution in [3.63, 3.8) is 0 Å². The average Bonchev–Trinajstić information content (AvgIpc) is 3.33. The molecule has 2 aromatic carbocycles. The number of amides is 1. The van der Waals surface area contributed by atoms with E-state index in [0.29, 0.717) is 11.0 Å². The number of fused-ring (bicyclic) bond motifs is 1. The SMILES string of the molecule is Cc1noc(C)c1-c1ccc2c(-c3ccc(C(N)=O)cc3)cn(CC3(C)CCCCC3)c2c1. The molecule has 1 fully saturated rings. The van der Waals surface area contributed by atoms with Crippen molar-refractivity contribution in [3.8, 4) is 22.3 Å². The molecule has 0 aliphatic heterocycles. The number of hydrogen-bond acceptors (Lipinski definition) is 3. The quantitative estimate of drug-likeness (QED) is 0.377. The Morgan fingerprint density at radius 3 is 2.39 bits per heavy atom. The molecule has 4 aromatic rings. The number of aryl methyl sites for hydroxylation is 2. The van der Waals surface area contributed by atoms with Gasteiger partial charge in [0.25, 0.3) is 0 Å². The van der Waals surface area contributed by atoms with Gasteiger partial charge in [0.1, 0.15) is 5.76 Å². The molecule has 1 aliphatic carbocycles. The van der Waals surface area contributed by atoms with E-state index in [4.69, 9.17) is 10.3 Å². The van der Waals surface area contributed by atoms with Crippen LogP contribution in [-0.2, 0) is 6.54 Å². The number of primary amides is 1. The molecule has 0 unspecified atom stereocenters. The van der Waals surface area contributed by atoms with Crippen LogP contribution in [0.25, 0.3) is 33.2 Å². The highest BCUT2D eigenvalue weighted by atomic mass is 16.5. The zero-order valence-electron chi connectivity index (χ0n) is 19.6. The van der Waals surface area contributed by atoms with Gasteiger partial charge in [-0.3, -0.25) is 4.79 Å². The van der Waals surface area contributed by atoms with Crippen LogP contribution in [0.15, 0.2) is 53.2 Å². The number of hydrogen-bond donors (Lipinski definition) is 1. The van der Waals surface area contributed by atoms with Gasteiger partial charge in [-0.2, -0.15) is 0 Å². The third kappa shape index (κ3) is 3.97. The van der Waals surface area contributed by atoms with Crippen LogP contribution >= 0.6 is 0 Å². The van der Waals surface area contributed by atoms with Crippen LogP contribution in [-0.4, -0.2) is 15.6 Å². The summed E-state index contributed by atoms with van der Waals surface area (Å²) in [6.45, 7) is 7.38. The minimum Gasteiger partial charge on any atom is -0.366 e. The summed E-state index contributed by atoms with van der Waals surface area (Å²) in [6, 6.07) is 14.2. The molecule has 0 bridgehead atoms. The molecule has 0 spiro atoms. The summed E-state index contributed by atoms with van der Waals surface area (Å²) >= 11 is 0. The van der Waals surface area contributed by atoms with Gasteiger partial charge < -0.3 is 14.8 Å². The lowest BCUT2D eigenvalue weighted by Gasteiger charge is -2.34. The van der Waals surface area contributed by atoms with Crippen molar-refractivity contribution in [1.29, 1.82) is 0 Å². The summed E-state index contributed by atoms with van der Waals surface area (Å²) in [7, 11) is 0. The molecule has 5 heteroatoms. The zero-order valence-corrected chi connectivity index (χ0v) is 19.6. The highest BCUT2D eigenvalue weighted by Crippen LogP contribution is 2.41. The standard InChI is InChI=1S/C28H31N3O2/c1-18-26(19(2)33-30-18)22-11-12-23-24(20-7-9-21(10-8-20)27(29)32)16-31(25(23)15-22)17-28(3)13-5-4-6-14-28/h7-12,15-16H,4-6,13-14,17H2,1-3H3,(H2,29,32). The van der Waals surface area contributed by atoms with Gasteiger partial charge in [0.2, 0.25) is 5.91 Å². The molecular weight excluding hydrogens is 410 g/mol. The van der Waals surface area contributed by atoms with Crippen molar-refractivity contribution in [2.45, 2.75) is 59.4 Å². The summed E-state index contributed by atoms with van der Waals surface area (Å²) < 4.78 is 7.87. The summed E-state index contributed by atoms with van der Waals surface area (Å²) in [5, 5.41) is 5.36. The molecule has 1 saturated carbocycles. The third-order valence-electron chi connectivity index (χ3n) is 7.30. The second kappa shape index (κ2) is 8.22. The van der Waals surface area contributed by atoms with E-state index in [2.05, 4.69) is 41.0 Å². The molecule has 2 heterocycles. The molecule has 5 nitrogen and oxygen atoms in total. The number of nitrogens with two attached hydrogens (primary N) is 1. The second-order valence-corrected chi connectivity index (χ2v) is 9.91. The van der Waals surface area contributed by atoms with Gasteiger partial charge in [0.05, 0.1) is 5.69 Å². The molecule has 2 aromatic heterocycles. The molecule has 0 radical (unpaired) electrons. The first-order valence-corrected chi connectivity index (χ1v) is 11.8. The fourth-order valence-corrected chi connectivity index (χ4v) is 5.49. The third-order valence-corrected chi connectivity index (χ3v) is 7.30. The Bertz CT molecular complexity index is 1300. The lowest BCUT2D eigenvalue weighted by atomic mass is 9.75. The number of benzene rings is 2. The van der Waals surface area contributed by atoms with E-state index < -0.39 is 5.91 Å². The first kappa shape index (κ1) is 21.5. The number of carbonyl (C=O) groups excluding carboxylic acids is 1. The van der Waals surface area contributed by atoms with Crippen LogP contribution in [0.1, 0.15) is 60.8 Å². The Morgan fingerprint density at radius 2 is 1.76 bits per heavy atom. The number of nitrogens with zero attached hydrogens (tertiary/aromatic N) is 2. The average molecular weight is 442 g/mol. The fourth-order valence-electron chi connectivity index (χ4n) is 5.49. The van der Waals surface area contributed by atoms with Crippen molar-refractivity contribution in [3.05, 3.63) is 65.7 Å². The number of carbonyl (C=O) groups is 1. The maximum atomic E-state index is 11.5. The van der Waals surface area contributed by atoms with Crippen LogP contribution < -0.4 is 5.73 Å². The predicted octanol–water partition coefficient (Wildman–Crippen LogP) is 6.65. The number of aromatic nitrogens is 2. The van der Waals surface area contributed by atoms with Gasteiger partial charge in [-0.15, -0.1) is 0 Å². The van der Waals surface area contributed by atoms with E-state index in [0.717, 1.165) is 34.7 Å². The van der Waals surface area contributed by atoms with E-state index in [1.165, 1.54) is 48.6 Å². The first-order valence-electron chi connectivity index (χ1n) is 11.8. The second-order valence-electron chi connectivity index (χ2n) is 9.91. The normalized spacial score (nSPS) is 15.7. The monoisotopic (exact) mass is 441 g/mol. The van der Waals surface area contributed by atoms with Gasteiger partial charge in [0.15, 0.2) is 0 Å². The highest BCUT2D eigenvalue weighted by Gasteiger charge is 2.28. The highest BCUT2D eigenvalue weighted by molar-refractivity contribution is 5.99. The van der Waals surface area contributed by atoms with Crippen LogP contribution in [0.2, 0.25) is 0 Å². The molecule has 0 atom stereocenters. The van der Waals surface area contributed by atoms with Crippen molar-refractivity contribution >= 4 is 16.8 Å². The topological polar surface area (TPSA) is 74.1 Å². The maximum Gasteiger partial charge on any atom is 0.248 e. The Labute approximate surface area is 194 Å². The van der Waals surface area contributed by atoms with Gasteiger partial charge in [-0.25, -0.2) is 0 Å². The van der Waals surface area contributed by atoms with E-state index >= 15 is 0 Å². The van der Waals surface area contributed by atoms with Crippen LogP contribution in [0.5, 0.6) is 0 Å². The fraction of sp³-hybridized carbons (Fsp3) is 0.357. The van der Waals surface area contributed by atoms with Crippen molar-refractivity contribution in [2.24, 2.45) is 11.1 Å². The van der Waals surface area contributed by atoms with E-state index in [9.17, 15) is 4.79 Å². The van der Waals surface area contributed by atoms with E-state index in [-0.39, 0.29) is 0 Å². The summed E-state index contributed by atoms with van der Waals surface area (Å²) in [5.41, 5.74) is 12.9. The van der Waals surface area contributed by atoms with Crippen LogP contribution in [0.4, 0.5) is 0 Å². The van der Waals surface area contributed by atoms with Crippen molar-refractivity contribution in [2.75, 3.05) is 0 Å². The predicted molar refractivity (Wildman–Crippen MR) is 132 cm³/mol. The van der Waals surface area contributed by atoms with E-state index in [1.54, 1.807) is 0 Å². The molecular formula is C28H31N3O2. The zero-order chi connectivity index (χ0) is 23.2. The summed E-state index contributed by atoms with van der Waals surface area (Å²) in [4.78, 5) is 11.5. The Balaban J connectivity index is 1.65. The van der Waals surface area contributed by atoms with Crippen LogP contribution in [0, 0.1) is 19.3 Å². The van der Waals surface area contributed by atoms with Crippen molar-refractivity contribution < 1.29 is 9.32 Å². The molecule has 170 valence electrons. The van der Waals surface area contributed by atoms with Crippen LogP contribution in [0.3, 0.4) is 0 Å². The lowest BCUT2D eigenvalue weighted by molar-refractivity contribution is 0.100. The van der Waals surface area contributed by atoms with Gasteiger partial charge >= 0.3 is 0 Å². The summed E-state index contributed by atoms with van der Waals surface area (Å²) in [6.07, 6.45) is 8.76. The minimum atomic E-state index is -0.404. The van der Waals surface area contributed by atoms with Gasteiger partial charge in [0, 0.05) is 40.3 Å². The molecule has 1 amide bonds. The molecule has 33 heavy (non-hydrogen) atoms. The Kier molecular flexibility index (Phi) is 5.35. The smallest absolute Gasteiger partial charge is 0.248 e. The minimum absolute atomic E-state index is 0.302. The number of rotatable bonds is 5.